The SMILES string of the molecule is CC(=O)N[C@@H](C=O)CC=O. The maximum Gasteiger partial charge on any atom is 0.217 e. The number of nitrogens with one attached hydrogen (secondary N) is 1. The highest BCUT2D eigenvalue weighted by atomic mass is 16.2. The van der Waals surface area contributed by atoms with E-state index in [2.05, 4.69) is 5.32 Å². The molecular weight excluding hydrogens is 134 g/mol. The van der Waals surface area contributed by atoms with Gasteiger partial charge in [-0.05, 0) is 0 Å². The summed E-state index contributed by atoms with van der Waals surface area (Å²) in [5, 5.41) is 2.29. The first kappa shape index (κ1) is 8.81. The topological polar surface area (TPSA) is 63.2 Å². The third kappa shape index (κ3) is 3.77. The maximum absolute atomic E-state index is 10.3. The Bertz CT molecular complexity index is 144. The van der Waals surface area contributed by atoms with Crippen molar-refractivity contribution >= 4 is 18.5 Å². The maximum atomic E-state index is 10.3. The highest BCUT2D eigenvalue weighted by Gasteiger charge is 2.05. The molecule has 1 amide bonds. The van der Waals surface area contributed by atoms with Gasteiger partial charge in [0.25, 0.3) is 0 Å². The molecule has 0 aromatic carbocycles. The van der Waals surface area contributed by atoms with Gasteiger partial charge in [-0.1, -0.05) is 0 Å². The summed E-state index contributed by atoms with van der Waals surface area (Å²) < 4.78 is 0. The lowest BCUT2D eigenvalue weighted by molar-refractivity contribution is -0.122. The molecule has 1 N–H and O–H groups in total. The monoisotopic (exact) mass is 143 g/mol. The van der Waals surface area contributed by atoms with Gasteiger partial charge in [-0.25, -0.2) is 0 Å². The third-order valence-corrected chi connectivity index (χ3v) is 0.903. The Kier molecular flexibility index (Phi) is 4.11. The van der Waals surface area contributed by atoms with Crippen LogP contribution in [0.1, 0.15) is 13.3 Å². The van der Waals surface area contributed by atoms with E-state index in [-0.39, 0.29) is 12.3 Å². The quantitative estimate of drug-likeness (QED) is 0.528. The van der Waals surface area contributed by atoms with E-state index in [1.165, 1.54) is 6.92 Å². The number of carbonyl (C=O) groups excluding carboxylic acids is 3. The number of rotatable bonds is 4. The summed E-state index contributed by atoms with van der Waals surface area (Å²) >= 11 is 0. The smallest absolute Gasteiger partial charge is 0.217 e. The van der Waals surface area contributed by atoms with Gasteiger partial charge in [0.1, 0.15) is 12.6 Å². The first-order chi connectivity index (χ1) is 4.70. The van der Waals surface area contributed by atoms with Crippen molar-refractivity contribution in [1.82, 2.24) is 5.32 Å². The van der Waals surface area contributed by atoms with E-state index >= 15 is 0 Å². The fourth-order valence-electron chi connectivity index (χ4n) is 0.513. The molecule has 0 saturated carbocycles. The van der Waals surface area contributed by atoms with Crippen LogP contribution in [-0.4, -0.2) is 24.5 Å². The molecule has 4 nitrogen and oxygen atoms in total. The fourth-order valence-corrected chi connectivity index (χ4v) is 0.513. The van der Waals surface area contributed by atoms with Crippen LogP contribution in [0.5, 0.6) is 0 Å². The van der Waals surface area contributed by atoms with E-state index in [1.54, 1.807) is 0 Å². The largest absolute Gasteiger partial charge is 0.346 e. The van der Waals surface area contributed by atoms with E-state index in [1.807, 2.05) is 0 Å². The minimum absolute atomic E-state index is 0.0447. The van der Waals surface area contributed by atoms with E-state index in [9.17, 15) is 14.4 Å². The molecule has 0 spiro atoms. The van der Waals surface area contributed by atoms with Crippen LogP contribution in [0.2, 0.25) is 0 Å². The zero-order valence-corrected chi connectivity index (χ0v) is 5.66. The second-order valence-corrected chi connectivity index (χ2v) is 1.85. The minimum Gasteiger partial charge on any atom is -0.346 e. The summed E-state index contributed by atoms with van der Waals surface area (Å²) in [6.45, 7) is 1.29. The van der Waals surface area contributed by atoms with Gasteiger partial charge in [-0.3, -0.25) is 4.79 Å². The summed E-state index contributed by atoms with van der Waals surface area (Å²) in [5.74, 6) is -0.307. The molecule has 0 unspecified atom stereocenters. The van der Waals surface area contributed by atoms with Crippen molar-refractivity contribution in [2.75, 3.05) is 0 Å². The second kappa shape index (κ2) is 4.67. The number of amides is 1. The van der Waals surface area contributed by atoms with Crippen LogP contribution in [0.4, 0.5) is 0 Å². The molecular formula is C6H9NO3. The first-order valence-electron chi connectivity index (χ1n) is 2.86. The van der Waals surface area contributed by atoms with Gasteiger partial charge in [0.05, 0.1) is 6.04 Å². The van der Waals surface area contributed by atoms with Crippen LogP contribution in [0.15, 0.2) is 0 Å². The van der Waals surface area contributed by atoms with Crippen LogP contribution in [-0.2, 0) is 14.4 Å². The van der Waals surface area contributed by atoms with Crippen LogP contribution in [0, 0.1) is 0 Å². The molecule has 56 valence electrons. The summed E-state index contributed by atoms with van der Waals surface area (Å²) in [6.07, 6.45) is 1.17. The third-order valence-electron chi connectivity index (χ3n) is 0.903. The Morgan fingerprint density at radius 3 is 2.50 bits per heavy atom. The first-order valence-corrected chi connectivity index (χ1v) is 2.86. The van der Waals surface area contributed by atoms with Crippen LogP contribution < -0.4 is 5.32 Å². The average Bonchev–Trinajstić information content (AvgIpc) is 1.86. The lowest BCUT2D eigenvalue weighted by Crippen LogP contribution is -2.34. The standard InChI is InChI=1S/C6H9NO3/c1-5(10)7-6(4-9)2-3-8/h3-4,6H,2H2,1H3,(H,7,10)/t6-/m1/s1. The Morgan fingerprint density at radius 1 is 1.60 bits per heavy atom. The molecule has 0 bridgehead atoms. The van der Waals surface area contributed by atoms with Crippen LogP contribution in [0.3, 0.4) is 0 Å². The number of aldehydes is 2. The van der Waals surface area contributed by atoms with Crippen molar-refractivity contribution in [2.45, 2.75) is 19.4 Å². The van der Waals surface area contributed by atoms with Gasteiger partial charge in [-0.2, -0.15) is 0 Å². The van der Waals surface area contributed by atoms with Crippen molar-refractivity contribution < 1.29 is 14.4 Å². The molecule has 0 aromatic rings. The normalized spacial score (nSPS) is 11.7. The zero-order valence-electron chi connectivity index (χ0n) is 5.66. The minimum atomic E-state index is -0.657. The molecule has 0 aliphatic heterocycles. The molecule has 4 heteroatoms. The van der Waals surface area contributed by atoms with E-state index in [4.69, 9.17) is 0 Å². The highest BCUT2D eigenvalue weighted by Crippen LogP contribution is 1.82. The molecule has 0 radical (unpaired) electrons. The van der Waals surface area contributed by atoms with Gasteiger partial charge in [0.15, 0.2) is 0 Å². The predicted molar refractivity (Wildman–Crippen MR) is 34.3 cm³/mol. The molecule has 0 aromatic heterocycles. The average molecular weight is 143 g/mol. The van der Waals surface area contributed by atoms with Crippen LogP contribution in [0.25, 0.3) is 0 Å². The molecule has 0 rings (SSSR count). The molecule has 10 heavy (non-hydrogen) atoms. The summed E-state index contributed by atoms with van der Waals surface area (Å²) in [4.78, 5) is 30.2. The van der Waals surface area contributed by atoms with Crippen molar-refractivity contribution in [3.8, 4) is 0 Å². The molecule has 0 heterocycles. The van der Waals surface area contributed by atoms with Crippen molar-refractivity contribution in [3.05, 3.63) is 0 Å². The van der Waals surface area contributed by atoms with Crippen molar-refractivity contribution in [1.29, 1.82) is 0 Å². The van der Waals surface area contributed by atoms with Gasteiger partial charge in [0, 0.05) is 13.3 Å². The molecule has 1 atom stereocenters. The molecule has 0 saturated heterocycles. The summed E-state index contributed by atoms with van der Waals surface area (Å²) in [6, 6.07) is -0.657. The zero-order chi connectivity index (χ0) is 7.98. The summed E-state index contributed by atoms with van der Waals surface area (Å²) in [5.41, 5.74) is 0. The van der Waals surface area contributed by atoms with Crippen molar-refractivity contribution in [2.24, 2.45) is 0 Å². The fraction of sp³-hybridized carbons (Fsp3) is 0.500. The van der Waals surface area contributed by atoms with Gasteiger partial charge in [-0.15, -0.1) is 0 Å². The molecule has 0 aliphatic carbocycles. The van der Waals surface area contributed by atoms with Gasteiger partial charge in [0.2, 0.25) is 5.91 Å². The highest BCUT2D eigenvalue weighted by molar-refractivity contribution is 5.78. The van der Waals surface area contributed by atoms with E-state index in [0.717, 1.165) is 0 Å². The lowest BCUT2D eigenvalue weighted by atomic mass is 10.2. The van der Waals surface area contributed by atoms with Gasteiger partial charge >= 0.3 is 0 Å². The van der Waals surface area contributed by atoms with Crippen molar-refractivity contribution in [3.63, 3.8) is 0 Å². The Morgan fingerprint density at radius 2 is 2.20 bits per heavy atom. The number of hydrogen-bond acceptors (Lipinski definition) is 3. The summed E-state index contributed by atoms with van der Waals surface area (Å²) in [7, 11) is 0. The van der Waals surface area contributed by atoms with E-state index < -0.39 is 6.04 Å². The Hall–Kier alpha value is -1.19. The van der Waals surface area contributed by atoms with Crippen LogP contribution >= 0.6 is 0 Å². The molecule has 0 fully saturated rings. The second-order valence-electron chi connectivity index (χ2n) is 1.85. The number of hydrogen-bond donors (Lipinski definition) is 1. The van der Waals surface area contributed by atoms with Gasteiger partial charge < -0.3 is 14.9 Å². The Balaban J connectivity index is 3.70. The number of carbonyl (C=O) groups is 3. The Labute approximate surface area is 58.6 Å². The predicted octanol–water partition coefficient (Wildman–Crippen LogP) is -0.721. The van der Waals surface area contributed by atoms with E-state index in [0.29, 0.717) is 12.6 Å². The molecule has 0 aliphatic rings. The lowest BCUT2D eigenvalue weighted by Gasteiger charge is -2.05.